The molecule has 3 fully saturated rings. The minimum absolute atomic E-state index is 0.0193. The lowest BCUT2D eigenvalue weighted by Crippen LogP contribution is -2.37. The number of para-hydroxylation sites is 2. The molecule has 4 aromatic carbocycles. The van der Waals surface area contributed by atoms with Gasteiger partial charge >= 0.3 is 13.6 Å². The van der Waals surface area contributed by atoms with Crippen LogP contribution in [0.1, 0.15) is 44.3 Å². The molecular formula is C54H48F2N12O14P2S2. The van der Waals surface area contributed by atoms with Crippen LogP contribution in [0.3, 0.4) is 0 Å². The molecular weight excluding hydrogens is 1200 g/mol. The number of hydrogen-bond donors (Lipinski definition) is 0. The van der Waals surface area contributed by atoms with Crippen LogP contribution in [0.25, 0.3) is 22.3 Å². The average molecular weight is 1250 g/mol. The number of fused-ring (bicyclic) bond motifs is 4. The van der Waals surface area contributed by atoms with Crippen LogP contribution >= 0.6 is 36.4 Å². The monoisotopic (exact) mass is 1250 g/mol. The van der Waals surface area contributed by atoms with Gasteiger partial charge in [0.2, 0.25) is 0 Å². The molecule has 86 heavy (non-hydrogen) atoms. The first kappa shape index (κ1) is 59.7. The van der Waals surface area contributed by atoms with E-state index in [2.05, 4.69) is 43.1 Å². The molecule has 11 rings (SSSR count). The van der Waals surface area contributed by atoms with Crippen molar-refractivity contribution in [1.29, 1.82) is 0 Å². The van der Waals surface area contributed by atoms with E-state index in [1.165, 1.54) is 79.6 Å². The van der Waals surface area contributed by atoms with E-state index in [9.17, 15) is 29.8 Å². The molecule has 0 unspecified atom stereocenters. The van der Waals surface area contributed by atoms with Crippen LogP contribution in [0, 0.1) is 20.2 Å². The number of anilines is 2. The van der Waals surface area contributed by atoms with Crippen molar-refractivity contribution in [2.75, 3.05) is 36.1 Å². The summed E-state index contributed by atoms with van der Waals surface area (Å²) in [7, 11) is 0. The van der Waals surface area contributed by atoms with Crippen molar-refractivity contribution >= 4 is 93.5 Å². The molecule has 3 aliphatic rings. The van der Waals surface area contributed by atoms with E-state index in [1.807, 2.05) is 0 Å². The van der Waals surface area contributed by atoms with Gasteiger partial charge in [-0.3, -0.25) is 66.8 Å². The fourth-order valence-electron chi connectivity index (χ4n) is 9.81. The van der Waals surface area contributed by atoms with Gasteiger partial charge in [0.15, 0.2) is 58.8 Å². The van der Waals surface area contributed by atoms with Crippen LogP contribution in [0.4, 0.5) is 31.8 Å². The van der Waals surface area contributed by atoms with Crippen molar-refractivity contribution in [2.24, 2.45) is 0 Å². The SMILES string of the molecule is C=CCN(C(=O)c1ccccc1)c1ncnc2c1ncn2[C@@H]1O[C@@H]2CO[P@@](=O)(SCc3ccccc3[N+](=O)[O-])O[C@H]3[C@@H](F)[C@H](n4cnc5c(N(CC=C)C(=O)c6ccccc6)ncnc54)O[C@@H]3CO[P@](=O)(SCc3ccccc3[N+](=O)[O-])O[C@H]2[C@H]1F. The summed E-state index contributed by atoms with van der Waals surface area (Å²) < 4.78 is 107. The molecule has 0 saturated carbocycles. The Morgan fingerprint density at radius 2 is 0.988 bits per heavy atom. The highest BCUT2D eigenvalue weighted by molar-refractivity contribution is 8.55. The predicted molar refractivity (Wildman–Crippen MR) is 311 cm³/mol. The van der Waals surface area contributed by atoms with Gasteiger partial charge in [0.25, 0.3) is 23.2 Å². The lowest BCUT2D eigenvalue weighted by Gasteiger charge is -2.30. The maximum Gasteiger partial charge on any atom is 0.390 e. The van der Waals surface area contributed by atoms with Crippen molar-refractivity contribution in [3.63, 3.8) is 0 Å². The highest BCUT2D eigenvalue weighted by Gasteiger charge is 2.56. The number of nitro benzene ring substituents is 2. The molecule has 0 aliphatic carbocycles. The van der Waals surface area contributed by atoms with Crippen LogP contribution in [-0.4, -0.2) is 124 Å². The van der Waals surface area contributed by atoms with Gasteiger partial charge in [-0.25, -0.2) is 47.8 Å². The third kappa shape index (κ3) is 12.1. The molecule has 0 radical (unpaired) electrons. The lowest BCUT2D eigenvalue weighted by atomic mass is 10.1. The molecule has 10 atom stereocenters. The van der Waals surface area contributed by atoms with Crippen molar-refractivity contribution in [1.82, 2.24) is 39.0 Å². The fourth-order valence-corrected chi connectivity index (χ4v) is 16.6. The molecule has 8 aromatic rings. The Labute approximate surface area is 494 Å². The maximum atomic E-state index is 17.8. The van der Waals surface area contributed by atoms with E-state index in [1.54, 1.807) is 60.7 Å². The van der Waals surface area contributed by atoms with Gasteiger partial charge in [-0.1, -0.05) is 84.9 Å². The summed E-state index contributed by atoms with van der Waals surface area (Å²) in [5.41, 5.74) is -0.0274. The summed E-state index contributed by atoms with van der Waals surface area (Å²) in [4.78, 5) is 79.8. The van der Waals surface area contributed by atoms with Gasteiger partial charge < -0.3 is 9.47 Å². The third-order valence-corrected chi connectivity index (χ3v) is 21.1. The van der Waals surface area contributed by atoms with Gasteiger partial charge in [0.05, 0.1) is 35.7 Å². The zero-order valence-corrected chi connectivity index (χ0v) is 48.1. The fraction of sp³-hybridized carbons (Fsp3) is 0.259. The van der Waals surface area contributed by atoms with Crippen LogP contribution in [-0.2, 0) is 48.2 Å². The number of imidazole rings is 2. The average Bonchev–Trinajstić information content (AvgIpc) is 1.78. The lowest BCUT2D eigenvalue weighted by molar-refractivity contribution is -0.385. The summed E-state index contributed by atoms with van der Waals surface area (Å²) in [5.74, 6) is -1.76. The number of halogens is 2. The zero-order valence-electron chi connectivity index (χ0n) is 44.7. The van der Waals surface area contributed by atoms with Gasteiger partial charge in [0.1, 0.15) is 37.1 Å². The number of alkyl halides is 2. The standard InChI is InChI=1S/C54H48F2N12O14P2S2/c1-3-23-63(51(69)33-15-7-5-8-16-33)47-43-49(59-29-57-47)65(31-61-43)53-41(55)45-39(79-53)25-77-84(76,86-28-36-20-12-14-22-38(36)68(73)74)82-46-40(26-78-83(75,81-45)85-27-35-19-11-13-21-37(35)67(71)72)80-54(42(46)56)66-32-62-44-48(58-30-60-50(44)66)64(24-4-2)52(70)34-17-9-6-10-18-34/h3-22,29-32,39-42,45-46,53-54H,1-2,23-28H2/t39-,40-,41-,42-,45-,46-,53-,54-,83-,84+/m1/s1. The minimum atomic E-state index is -4.92. The number of aromatic nitrogens is 8. The number of nitrogens with zero attached hydrogens (tertiary/aromatic N) is 12. The van der Waals surface area contributed by atoms with E-state index < -0.39 is 109 Å². The Morgan fingerprint density at radius 3 is 1.37 bits per heavy atom. The first-order valence-electron chi connectivity index (χ1n) is 26.1. The number of rotatable bonds is 18. The number of benzene rings is 4. The van der Waals surface area contributed by atoms with E-state index in [4.69, 9.17) is 27.6 Å². The summed E-state index contributed by atoms with van der Waals surface area (Å²) >= 11 is 0.868. The van der Waals surface area contributed by atoms with E-state index in [-0.39, 0.29) is 69.6 Å². The van der Waals surface area contributed by atoms with E-state index in [0.717, 1.165) is 25.3 Å². The zero-order chi connectivity index (χ0) is 60.3. The number of nitro groups is 2. The Morgan fingerprint density at radius 1 is 0.605 bits per heavy atom. The molecule has 444 valence electrons. The minimum Gasteiger partial charge on any atom is -0.346 e. The smallest absolute Gasteiger partial charge is 0.346 e. The van der Waals surface area contributed by atoms with Crippen molar-refractivity contribution in [3.05, 3.63) is 202 Å². The van der Waals surface area contributed by atoms with Crippen LogP contribution in [0.5, 0.6) is 0 Å². The summed E-state index contributed by atoms with van der Waals surface area (Å²) in [6.07, 6.45) is -8.12. The molecule has 0 bridgehead atoms. The third-order valence-electron chi connectivity index (χ3n) is 13.9. The molecule has 0 N–H and O–H groups in total. The van der Waals surface area contributed by atoms with E-state index in [0.29, 0.717) is 33.9 Å². The summed E-state index contributed by atoms with van der Waals surface area (Å²) in [6.45, 7) is -4.19. The summed E-state index contributed by atoms with van der Waals surface area (Å²) in [5, 5.41) is 24.4. The number of ether oxygens (including phenoxy) is 2. The van der Waals surface area contributed by atoms with Gasteiger partial charge in [-0.2, -0.15) is 0 Å². The van der Waals surface area contributed by atoms with Crippen molar-refractivity contribution < 1.29 is 64.9 Å². The van der Waals surface area contributed by atoms with Gasteiger partial charge in [0, 0.05) is 59.0 Å². The second kappa shape index (κ2) is 25.5. The predicted octanol–water partition coefficient (Wildman–Crippen LogP) is 10.5. The number of carbonyl (C=O) groups excluding carboxylic acids is 2. The Kier molecular flexibility index (Phi) is 17.7. The Hall–Kier alpha value is -8.02. The molecule has 26 nitrogen and oxygen atoms in total. The van der Waals surface area contributed by atoms with Gasteiger partial charge in [-0.15, -0.1) is 13.2 Å². The van der Waals surface area contributed by atoms with E-state index >= 15 is 17.9 Å². The van der Waals surface area contributed by atoms with Crippen LogP contribution < -0.4 is 9.80 Å². The summed E-state index contributed by atoms with van der Waals surface area (Å²) in [6, 6.07) is 27.7. The van der Waals surface area contributed by atoms with Crippen LogP contribution in [0.2, 0.25) is 0 Å². The number of hydrogen-bond acceptors (Lipinski definition) is 22. The highest BCUT2D eigenvalue weighted by Crippen LogP contribution is 2.67. The molecule has 0 spiro atoms. The normalized spacial score (nSPS) is 24.9. The molecule has 7 heterocycles. The second-order valence-corrected chi connectivity index (χ2v) is 27.2. The molecule has 2 amide bonds. The molecule has 3 saturated heterocycles. The first-order chi connectivity index (χ1) is 41.6. The number of carbonyl (C=O) groups is 2. The number of amides is 2. The topological polar surface area (TPSA) is 304 Å². The molecule has 4 aromatic heterocycles. The largest absolute Gasteiger partial charge is 0.390 e. The highest BCUT2D eigenvalue weighted by atomic mass is 32.7. The van der Waals surface area contributed by atoms with Gasteiger partial charge in [-0.05, 0) is 47.0 Å². The second-order valence-electron chi connectivity index (χ2n) is 19.1. The Balaban J connectivity index is 0.968. The quantitative estimate of drug-likeness (QED) is 0.0333. The van der Waals surface area contributed by atoms with Crippen molar-refractivity contribution in [3.8, 4) is 0 Å². The molecule has 32 heteroatoms. The van der Waals surface area contributed by atoms with Crippen molar-refractivity contribution in [2.45, 2.75) is 60.7 Å². The first-order valence-corrected chi connectivity index (χ1v) is 32.3. The van der Waals surface area contributed by atoms with Crippen LogP contribution in [0.15, 0.2) is 160 Å². The Bertz CT molecular complexity index is 3740. The molecule has 3 aliphatic heterocycles. The maximum absolute atomic E-state index is 17.8.